The van der Waals surface area contributed by atoms with Crippen molar-refractivity contribution >= 4 is 10.0 Å². The van der Waals surface area contributed by atoms with E-state index in [9.17, 15) is 8.42 Å². The second-order valence-electron chi connectivity index (χ2n) is 4.61. The molecule has 1 fully saturated rings. The molecule has 1 aliphatic rings. The van der Waals surface area contributed by atoms with Gasteiger partial charge in [-0.05, 0) is 37.6 Å². The highest BCUT2D eigenvalue weighted by Crippen LogP contribution is 2.08. The maximum absolute atomic E-state index is 12.0. The molecule has 0 radical (unpaired) electrons. The van der Waals surface area contributed by atoms with E-state index in [1.807, 2.05) is 0 Å². The van der Waals surface area contributed by atoms with Crippen molar-refractivity contribution in [3.8, 4) is 0 Å². The van der Waals surface area contributed by atoms with Gasteiger partial charge < -0.3 is 10.0 Å². The van der Waals surface area contributed by atoms with Gasteiger partial charge in [-0.2, -0.15) is 0 Å². The average molecular weight is 285 g/mol. The molecular weight excluding hydrogens is 266 g/mol. The molecule has 2 N–H and O–H groups in total. The Morgan fingerprint density at radius 3 is 2.63 bits per heavy atom. The number of pyridine rings is 1. The molecule has 0 aliphatic carbocycles. The number of nitrogens with zero attached hydrogens (tertiary/aromatic N) is 2. The number of hydrogen-bond donors (Lipinski definition) is 2. The van der Waals surface area contributed by atoms with Gasteiger partial charge in [-0.3, -0.25) is 0 Å². The van der Waals surface area contributed by atoms with Crippen LogP contribution >= 0.6 is 0 Å². The zero-order chi connectivity index (χ0) is 13.7. The van der Waals surface area contributed by atoms with E-state index in [-0.39, 0.29) is 11.6 Å². The van der Waals surface area contributed by atoms with Crippen LogP contribution in [0.25, 0.3) is 0 Å². The van der Waals surface area contributed by atoms with Crippen LogP contribution in [0.5, 0.6) is 0 Å². The zero-order valence-corrected chi connectivity index (χ0v) is 11.6. The van der Waals surface area contributed by atoms with Crippen molar-refractivity contribution in [1.29, 1.82) is 0 Å². The first-order chi connectivity index (χ1) is 9.12. The summed E-state index contributed by atoms with van der Waals surface area (Å²) in [7, 11) is -3.55. The van der Waals surface area contributed by atoms with Crippen molar-refractivity contribution in [2.75, 3.05) is 26.2 Å². The van der Waals surface area contributed by atoms with Crippen LogP contribution in [0, 0.1) is 0 Å². The minimum atomic E-state index is -3.55. The van der Waals surface area contributed by atoms with E-state index in [2.05, 4.69) is 14.6 Å². The molecule has 0 saturated carbocycles. The quantitative estimate of drug-likeness (QED) is 0.765. The number of aliphatic hydroxyl groups is 1. The largest absolute Gasteiger partial charge is 0.392 e. The number of nitrogens with one attached hydrogen (secondary N) is 1. The lowest BCUT2D eigenvalue weighted by Gasteiger charge is -2.14. The van der Waals surface area contributed by atoms with Gasteiger partial charge in [-0.25, -0.2) is 18.1 Å². The SMILES string of the molecule is O=S(=O)(NCCN1CCCC1)c1ccc(CO)cn1. The number of likely N-dealkylation sites (tertiary alicyclic amines) is 1. The Kier molecular flexibility index (Phi) is 4.87. The Hall–Kier alpha value is -1.02. The highest BCUT2D eigenvalue weighted by molar-refractivity contribution is 7.89. The lowest BCUT2D eigenvalue weighted by molar-refractivity contribution is 0.281. The summed E-state index contributed by atoms with van der Waals surface area (Å²) >= 11 is 0. The van der Waals surface area contributed by atoms with E-state index in [0.717, 1.165) is 19.6 Å². The average Bonchev–Trinajstić information content (AvgIpc) is 2.92. The summed E-state index contributed by atoms with van der Waals surface area (Å²) in [6, 6.07) is 2.96. The van der Waals surface area contributed by atoms with Crippen molar-refractivity contribution in [3.63, 3.8) is 0 Å². The first kappa shape index (κ1) is 14.4. The monoisotopic (exact) mass is 285 g/mol. The number of sulfonamides is 1. The van der Waals surface area contributed by atoms with Crippen LogP contribution in [-0.4, -0.2) is 49.6 Å². The van der Waals surface area contributed by atoms with Crippen LogP contribution in [0.2, 0.25) is 0 Å². The highest BCUT2D eigenvalue weighted by atomic mass is 32.2. The van der Waals surface area contributed by atoms with Crippen molar-refractivity contribution in [2.24, 2.45) is 0 Å². The molecule has 7 heteroatoms. The minimum Gasteiger partial charge on any atom is -0.392 e. The topological polar surface area (TPSA) is 82.5 Å². The zero-order valence-electron chi connectivity index (χ0n) is 10.7. The second-order valence-corrected chi connectivity index (χ2v) is 6.32. The molecule has 2 heterocycles. The molecule has 6 nitrogen and oxygen atoms in total. The van der Waals surface area contributed by atoms with Crippen LogP contribution in [-0.2, 0) is 16.6 Å². The lowest BCUT2D eigenvalue weighted by atomic mass is 10.3. The molecule has 0 unspecified atom stereocenters. The predicted octanol–water partition coefficient (Wildman–Crippen LogP) is -0.0520. The Morgan fingerprint density at radius 2 is 2.05 bits per heavy atom. The molecule has 0 spiro atoms. The normalized spacial score (nSPS) is 16.9. The van der Waals surface area contributed by atoms with E-state index < -0.39 is 10.0 Å². The van der Waals surface area contributed by atoms with E-state index in [1.54, 1.807) is 6.07 Å². The molecule has 1 saturated heterocycles. The van der Waals surface area contributed by atoms with Gasteiger partial charge in [0.15, 0.2) is 5.03 Å². The van der Waals surface area contributed by atoms with Gasteiger partial charge in [-0.15, -0.1) is 0 Å². The fraction of sp³-hybridized carbons (Fsp3) is 0.583. The first-order valence-electron chi connectivity index (χ1n) is 6.39. The van der Waals surface area contributed by atoms with Gasteiger partial charge in [0.05, 0.1) is 6.61 Å². The van der Waals surface area contributed by atoms with Gasteiger partial charge in [0.1, 0.15) is 0 Å². The van der Waals surface area contributed by atoms with Crippen LogP contribution in [0.3, 0.4) is 0 Å². The first-order valence-corrected chi connectivity index (χ1v) is 7.88. The van der Waals surface area contributed by atoms with Gasteiger partial charge in [0.2, 0.25) is 0 Å². The number of aliphatic hydroxyl groups excluding tert-OH is 1. The third-order valence-corrected chi connectivity index (χ3v) is 4.55. The van der Waals surface area contributed by atoms with Crippen molar-refractivity contribution < 1.29 is 13.5 Å². The molecule has 1 aliphatic heterocycles. The summed E-state index contributed by atoms with van der Waals surface area (Å²) in [6.07, 6.45) is 3.75. The molecule has 106 valence electrons. The summed E-state index contributed by atoms with van der Waals surface area (Å²) in [5.74, 6) is 0. The van der Waals surface area contributed by atoms with Crippen LogP contribution < -0.4 is 4.72 Å². The van der Waals surface area contributed by atoms with Gasteiger partial charge in [-0.1, -0.05) is 6.07 Å². The minimum absolute atomic E-state index is 0.00822. The summed E-state index contributed by atoms with van der Waals surface area (Å²) in [5.41, 5.74) is 0.594. The summed E-state index contributed by atoms with van der Waals surface area (Å²) in [5, 5.41) is 8.88. The van der Waals surface area contributed by atoms with Gasteiger partial charge in [0.25, 0.3) is 10.0 Å². The van der Waals surface area contributed by atoms with Crippen LogP contribution in [0.4, 0.5) is 0 Å². The molecule has 1 aromatic rings. The Labute approximate surface area is 113 Å². The maximum atomic E-state index is 12.0. The Balaban J connectivity index is 1.89. The standard InChI is InChI=1S/C12H19N3O3S/c16-10-11-3-4-12(13-9-11)19(17,18)14-5-8-15-6-1-2-7-15/h3-4,9,14,16H,1-2,5-8,10H2. The van der Waals surface area contributed by atoms with Gasteiger partial charge >= 0.3 is 0 Å². The third kappa shape index (κ3) is 3.97. The predicted molar refractivity (Wildman–Crippen MR) is 71.0 cm³/mol. The summed E-state index contributed by atoms with van der Waals surface area (Å²) < 4.78 is 26.4. The second kappa shape index (κ2) is 6.42. The molecule has 19 heavy (non-hydrogen) atoms. The maximum Gasteiger partial charge on any atom is 0.258 e. The number of hydrogen-bond acceptors (Lipinski definition) is 5. The fourth-order valence-corrected chi connectivity index (χ4v) is 3.03. The van der Waals surface area contributed by atoms with E-state index in [4.69, 9.17) is 5.11 Å². The molecule has 1 aromatic heterocycles. The molecule has 0 atom stereocenters. The number of rotatable bonds is 6. The smallest absolute Gasteiger partial charge is 0.258 e. The summed E-state index contributed by atoms with van der Waals surface area (Å²) in [4.78, 5) is 6.09. The van der Waals surface area contributed by atoms with Crippen LogP contribution in [0.1, 0.15) is 18.4 Å². The molecule has 2 rings (SSSR count). The van der Waals surface area contributed by atoms with E-state index in [1.165, 1.54) is 25.1 Å². The Bertz CT molecular complexity index is 495. The fourth-order valence-electron chi connectivity index (χ4n) is 2.08. The molecule has 0 aromatic carbocycles. The Morgan fingerprint density at radius 1 is 1.32 bits per heavy atom. The molecule has 0 bridgehead atoms. The number of aromatic nitrogens is 1. The van der Waals surface area contributed by atoms with E-state index in [0.29, 0.717) is 12.1 Å². The molecular formula is C12H19N3O3S. The lowest BCUT2D eigenvalue weighted by Crippen LogP contribution is -2.33. The van der Waals surface area contributed by atoms with Crippen molar-refractivity contribution in [2.45, 2.75) is 24.5 Å². The van der Waals surface area contributed by atoms with Gasteiger partial charge in [0, 0.05) is 19.3 Å². The summed E-state index contributed by atoms with van der Waals surface area (Å²) in [6.45, 7) is 3.08. The van der Waals surface area contributed by atoms with Crippen molar-refractivity contribution in [1.82, 2.24) is 14.6 Å². The van der Waals surface area contributed by atoms with Crippen molar-refractivity contribution in [3.05, 3.63) is 23.9 Å². The molecule has 0 amide bonds. The van der Waals surface area contributed by atoms with Crippen LogP contribution in [0.15, 0.2) is 23.4 Å². The third-order valence-electron chi connectivity index (χ3n) is 3.17. The highest BCUT2D eigenvalue weighted by Gasteiger charge is 2.16. The van der Waals surface area contributed by atoms with E-state index >= 15 is 0 Å².